The number of hydrogen-bond acceptors (Lipinski definition) is 1. The number of rotatable bonds is 0. The van der Waals surface area contributed by atoms with Gasteiger partial charge in [0.15, 0.2) is 0 Å². The van der Waals surface area contributed by atoms with E-state index in [2.05, 4.69) is 6.92 Å². The smallest absolute Gasteiger partial charge is 0.0688 e. The molecular weight excluding hydrogens is 314 g/mol. The molecule has 2 heteroatoms. The predicted octanol–water partition coefficient (Wildman–Crippen LogP) is 1.46. The summed E-state index contributed by atoms with van der Waals surface area (Å²) >= 11 is 0. The van der Waals surface area contributed by atoms with Gasteiger partial charge >= 0.3 is 0 Å². The Morgan fingerprint density at radius 2 is 2.29 bits per heavy atom. The molecule has 0 radical (unpaired) electrons. The van der Waals surface area contributed by atoms with E-state index < -0.39 is 0 Å². The molecule has 1 heterocycles. The van der Waals surface area contributed by atoms with Crippen LogP contribution in [0.15, 0.2) is 22.8 Å². The first-order valence-corrected chi connectivity index (χ1v) is 1.75. The first-order valence-electron chi connectivity index (χ1n) is 1.75. The summed E-state index contributed by atoms with van der Waals surface area (Å²) in [7, 11) is 0. The van der Waals surface area contributed by atoms with E-state index in [0.717, 1.165) is 5.76 Å². The van der Waals surface area contributed by atoms with Crippen molar-refractivity contribution in [3.8, 4) is 0 Å². The molecule has 0 aliphatic heterocycles. The van der Waals surface area contributed by atoms with Gasteiger partial charge in [-0.05, 0) is 5.76 Å². The molecule has 36 valence electrons. The van der Waals surface area contributed by atoms with Crippen LogP contribution in [-0.2, 0) is 0 Å². The van der Waals surface area contributed by atoms with Crippen molar-refractivity contribution in [2.45, 2.75) is 0 Å². The van der Waals surface area contributed by atoms with E-state index in [9.17, 15) is 0 Å². The van der Waals surface area contributed by atoms with Gasteiger partial charge in [0.1, 0.15) is 0 Å². The van der Waals surface area contributed by atoms with E-state index in [0.29, 0.717) is 0 Å². The Morgan fingerprint density at radius 3 is 2.43 bits per heavy atom. The SMILES string of the molecule is [CH2-]c1ccco1.[U]. The maximum atomic E-state index is 4.72. The molecule has 0 aliphatic carbocycles. The van der Waals surface area contributed by atoms with Crippen LogP contribution >= 0.6 is 0 Å². The van der Waals surface area contributed by atoms with Gasteiger partial charge in [-0.1, -0.05) is 0 Å². The fraction of sp³-hybridized carbons (Fsp3) is 0. The van der Waals surface area contributed by atoms with Gasteiger partial charge in [0.05, 0.1) is 6.26 Å². The summed E-state index contributed by atoms with van der Waals surface area (Å²) in [5.74, 6) is 0.718. The average Bonchev–Trinajstić information content (AvgIpc) is 1.86. The van der Waals surface area contributed by atoms with Crippen molar-refractivity contribution in [3.05, 3.63) is 31.1 Å². The van der Waals surface area contributed by atoms with E-state index in [4.69, 9.17) is 4.42 Å². The minimum atomic E-state index is 0. The van der Waals surface area contributed by atoms with Crippen LogP contribution in [0.5, 0.6) is 0 Å². The fourth-order valence-corrected chi connectivity index (χ4v) is 0.313. The molecule has 0 unspecified atom stereocenters. The van der Waals surface area contributed by atoms with Crippen molar-refractivity contribution in [1.82, 2.24) is 0 Å². The van der Waals surface area contributed by atoms with Gasteiger partial charge in [-0.15, -0.1) is 6.07 Å². The average molecular weight is 319 g/mol. The molecule has 0 bridgehead atoms. The zero-order valence-corrected chi connectivity index (χ0v) is 8.01. The van der Waals surface area contributed by atoms with E-state index in [-0.39, 0.29) is 31.1 Å². The minimum absolute atomic E-state index is 0. The summed E-state index contributed by atoms with van der Waals surface area (Å²) in [5.41, 5.74) is 0. The first kappa shape index (κ1) is 7.20. The van der Waals surface area contributed by atoms with Crippen molar-refractivity contribution in [2.24, 2.45) is 0 Å². The quantitative estimate of drug-likeness (QED) is 0.660. The molecule has 0 saturated heterocycles. The van der Waals surface area contributed by atoms with E-state index in [1.807, 2.05) is 6.07 Å². The molecule has 1 nitrogen and oxygen atoms in total. The molecular formula is C5H5OU-. The Balaban J connectivity index is 0.000000360. The second-order valence-electron chi connectivity index (χ2n) is 1.08. The van der Waals surface area contributed by atoms with Crippen LogP contribution in [0.25, 0.3) is 0 Å². The Morgan fingerprint density at radius 1 is 1.57 bits per heavy atom. The fourth-order valence-electron chi connectivity index (χ4n) is 0.313. The molecule has 1 aromatic rings. The van der Waals surface area contributed by atoms with Crippen LogP contribution in [0, 0.1) is 38.0 Å². The van der Waals surface area contributed by atoms with Gasteiger partial charge < -0.3 is 4.42 Å². The maximum absolute atomic E-state index is 4.72. The molecule has 0 N–H and O–H groups in total. The zero-order chi connectivity index (χ0) is 4.41. The van der Waals surface area contributed by atoms with Gasteiger partial charge in [0.25, 0.3) is 0 Å². The first-order chi connectivity index (χ1) is 2.89. The summed E-state index contributed by atoms with van der Waals surface area (Å²) in [5, 5.41) is 0. The molecule has 1 rings (SSSR count). The van der Waals surface area contributed by atoms with Crippen LogP contribution in [0.1, 0.15) is 5.76 Å². The van der Waals surface area contributed by atoms with Crippen molar-refractivity contribution in [1.29, 1.82) is 0 Å². The standard InChI is InChI=1S/C5H5O.U/c1-5-3-2-4-6-5;/h2-4H,1H2;/q-1;. The summed E-state index contributed by atoms with van der Waals surface area (Å²) in [6.07, 6.45) is 1.60. The third kappa shape index (κ3) is 2.11. The molecule has 0 fully saturated rings. The van der Waals surface area contributed by atoms with E-state index >= 15 is 0 Å². The molecule has 0 saturated carbocycles. The van der Waals surface area contributed by atoms with Crippen LogP contribution in [0.2, 0.25) is 0 Å². The summed E-state index contributed by atoms with van der Waals surface area (Å²) in [6, 6.07) is 3.61. The van der Waals surface area contributed by atoms with Crippen molar-refractivity contribution >= 4 is 0 Å². The Labute approximate surface area is 66.5 Å². The monoisotopic (exact) mass is 319 g/mol. The van der Waals surface area contributed by atoms with E-state index in [1.54, 1.807) is 12.3 Å². The summed E-state index contributed by atoms with van der Waals surface area (Å²) < 4.78 is 4.72. The van der Waals surface area contributed by atoms with Crippen LogP contribution in [-0.4, -0.2) is 0 Å². The second-order valence-corrected chi connectivity index (χ2v) is 1.08. The normalized spacial score (nSPS) is 7.43. The predicted molar refractivity (Wildman–Crippen MR) is 23.2 cm³/mol. The van der Waals surface area contributed by atoms with Crippen LogP contribution < -0.4 is 0 Å². The van der Waals surface area contributed by atoms with Crippen LogP contribution in [0.3, 0.4) is 0 Å². The summed E-state index contributed by atoms with van der Waals surface area (Å²) in [6.45, 7) is 3.51. The number of hydrogen-bond donors (Lipinski definition) is 0. The largest absolute Gasteiger partial charge is 0.504 e. The van der Waals surface area contributed by atoms with Crippen molar-refractivity contribution in [2.75, 3.05) is 0 Å². The molecule has 1 aromatic heterocycles. The Bertz CT molecular complexity index is 112. The summed E-state index contributed by atoms with van der Waals surface area (Å²) in [4.78, 5) is 0. The number of furan rings is 1. The maximum Gasteiger partial charge on any atom is 0.0688 e. The molecule has 0 atom stereocenters. The molecule has 0 aliphatic rings. The Kier molecular flexibility index (Phi) is 3.33. The molecule has 0 spiro atoms. The van der Waals surface area contributed by atoms with Gasteiger partial charge in [-0.3, -0.25) is 0 Å². The zero-order valence-electron chi connectivity index (χ0n) is 3.85. The topological polar surface area (TPSA) is 13.1 Å². The van der Waals surface area contributed by atoms with Gasteiger partial charge in [-0.25, -0.2) is 6.92 Å². The molecule has 7 heavy (non-hydrogen) atoms. The van der Waals surface area contributed by atoms with Gasteiger partial charge in [0.2, 0.25) is 0 Å². The van der Waals surface area contributed by atoms with Crippen LogP contribution in [0.4, 0.5) is 0 Å². The molecule has 0 aromatic carbocycles. The third-order valence-electron chi connectivity index (χ3n) is 0.580. The minimum Gasteiger partial charge on any atom is -0.504 e. The van der Waals surface area contributed by atoms with Gasteiger partial charge in [-0.2, -0.15) is 6.07 Å². The second kappa shape index (κ2) is 3.24. The third-order valence-corrected chi connectivity index (χ3v) is 0.580. The molecule has 0 amide bonds. The van der Waals surface area contributed by atoms with Crippen molar-refractivity contribution in [3.63, 3.8) is 0 Å². The van der Waals surface area contributed by atoms with Crippen molar-refractivity contribution < 1.29 is 35.5 Å². The van der Waals surface area contributed by atoms with E-state index in [1.165, 1.54) is 0 Å². The Hall–Kier alpha value is 0.202. The van der Waals surface area contributed by atoms with Gasteiger partial charge in [0, 0.05) is 31.1 Å².